The molecule has 4 heteroatoms. The third-order valence-corrected chi connectivity index (χ3v) is 5.99. The molecule has 1 unspecified atom stereocenters. The predicted molar refractivity (Wildman–Crippen MR) is 92.5 cm³/mol. The lowest BCUT2D eigenvalue weighted by Crippen LogP contribution is -2.67. The van der Waals surface area contributed by atoms with Crippen LogP contribution in [0.3, 0.4) is 0 Å². The summed E-state index contributed by atoms with van der Waals surface area (Å²) in [6.45, 7) is 13.6. The molecular weight excluding hydrogens is 266 g/mol. The number of rotatable bonds is 7. The van der Waals surface area contributed by atoms with Crippen LogP contribution in [0.2, 0.25) is 0 Å². The first-order chi connectivity index (χ1) is 9.25. The zero-order valence-electron chi connectivity index (χ0n) is 14.4. The van der Waals surface area contributed by atoms with E-state index in [9.17, 15) is 0 Å². The van der Waals surface area contributed by atoms with E-state index in [4.69, 9.17) is 5.73 Å². The minimum absolute atomic E-state index is 0.149. The Morgan fingerprint density at radius 1 is 1.20 bits per heavy atom. The van der Waals surface area contributed by atoms with Crippen molar-refractivity contribution in [2.75, 3.05) is 51.8 Å². The zero-order chi connectivity index (χ0) is 15.4. The quantitative estimate of drug-likeness (QED) is 0.782. The summed E-state index contributed by atoms with van der Waals surface area (Å²) in [6.07, 6.45) is 1.27. The summed E-state index contributed by atoms with van der Waals surface area (Å²) < 4.78 is 0. The Kier molecular flexibility index (Phi) is 6.84. The normalized spacial score (nSPS) is 26.7. The Hall–Kier alpha value is 0.230. The average molecular weight is 302 g/mol. The van der Waals surface area contributed by atoms with Gasteiger partial charge in [-0.15, -0.1) is 0 Å². The molecule has 1 atom stereocenters. The van der Waals surface area contributed by atoms with Gasteiger partial charge in [-0.3, -0.25) is 4.90 Å². The van der Waals surface area contributed by atoms with Crippen LogP contribution in [-0.4, -0.2) is 67.1 Å². The van der Waals surface area contributed by atoms with E-state index in [0.29, 0.717) is 11.3 Å². The van der Waals surface area contributed by atoms with Crippen LogP contribution >= 0.6 is 11.8 Å². The molecule has 0 spiro atoms. The zero-order valence-corrected chi connectivity index (χ0v) is 15.2. The summed E-state index contributed by atoms with van der Waals surface area (Å²) in [4.78, 5) is 4.98. The Bertz CT molecular complexity index is 291. The lowest BCUT2D eigenvalue weighted by Gasteiger charge is -2.56. The van der Waals surface area contributed by atoms with Gasteiger partial charge in [-0.05, 0) is 37.6 Å². The standard InChI is InChI=1S/C16H35N3S/c1-14(2)11-19(9-8-18(5)6)16(12-17)13-20-10-7-15(16,3)4/h14H,7-13,17H2,1-6H3. The van der Waals surface area contributed by atoms with Crippen molar-refractivity contribution < 1.29 is 0 Å². The van der Waals surface area contributed by atoms with Crippen molar-refractivity contribution >= 4 is 11.8 Å². The van der Waals surface area contributed by atoms with E-state index < -0.39 is 0 Å². The molecule has 3 nitrogen and oxygen atoms in total. The number of nitrogens with zero attached hydrogens (tertiary/aromatic N) is 2. The Morgan fingerprint density at radius 3 is 2.30 bits per heavy atom. The van der Waals surface area contributed by atoms with Crippen molar-refractivity contribution in [1.82, 2.24) is 9.80 Å². The summed E-state index contributed by atoms with van der Waals surface area (Å²) in [6, 6.07) is 0. The van der Waals surface area contributed by atoms with Gasteiger partial charge in [0.05, 0.1) is 0 Å². The molecule has 0 aliphatic carbocycles. The molecule has 0 aromatic heterocycles. The molecule has 0 radical (unpaired) electrons. The molecule has 0 aromatic rings. The Morgan fingerprint density at radius 2 is 1.85 bits per heavy atom. The van der Waals surface area contributed by atoms with Crippen LogP contribution in [-0.2, 0) is 0 Å². The number of hydrogen-bond acceptors (Lipinski definition) is 4. The van der Waals surface area contributed by atoms with Crippen LogP contribution in [0, 0.1) is 11.3 Å². The topological polar surface area (TPSA) is 32.5 Å². The van der Waals surface area contributed by atoms with Crippen LogP contribution in [0.5, 0.6) is 0 Å². The van der Waals surface area contributed by atoms with Gasteiger partial charge in [0.25, 0.3) is 0 Å². The summed E-state index contributed by atoms with van der Waals surface area (Å²) in [5.41, 5.74) is 6.78. The van der Waals surface area contributed by atoms with Crippen LogP contribution < -0.4 is 5.73 Å². The summed E-state index contributed by atoms with van der Waals surface area (Å²) in [5.74, 6) is 3.14. The fourth-order valence-corrected chi connectivity index (χ4v) is 5.05. The largest absolute Gasteiger partial charge is 0.329 e. The van der Waals surface area contributed by atoms with E-state index in [0.717, 1.165) is 26.2 Å². The van der Waals surface area contributed by atoms with Crippen molar-refractivity contribution in [1.29, 1.82) is 0 Å². The molecule has 1 saturated heterocycles. The fraction of sp³-hybridized carbons (Fsp3) is 1.00. The number of likely N-dealkylation sites (N-methyl/N-ethyl adjacent to an activating group) is 1. The van der Waals surface area contributed by atoms with Crippen molar-refractivity contribution in [2.45, 2.75) is 39.7 Å². The highest BCUT2D eigenvalue weighted by Gasteiger charge is 2.49. The molecule has 1 heterocycles. The van der Waals surface area contributed by atoms with Gasteiger partial charge in [-0.25, -0.2) is 0 Å². The molecule has 1 fully saturated rings. The van der Waals surface area contributed by atoms with Gasteiger partial charge in [0.2, 0.25) is 0 Å². The fourth-order valence-electron chi connectivity index (χ4n) is 3.22. The number of hydrogen-bond donors (Lipinski definition) is 1. The predicted octanol–water partition coefficient (Wildman–Crippen LogP) is 2.37. The van der Waals surface area contributed by atoms with E-state index >= 15 is 0 Å². The van der Waals surface area contributed by atoms with E-state index in [2.05, 4.69) is 63.4 Å². The molecule has 1 rings (SSSR count). The maximum atomic E-state index is 6.33. The Labute approximate surface area is 130 Å². The average Bonchev–Trinajstić information content (AvgIpc) is 2.34. The van der Waals surface area contributed by atoms with E-state index in [-0.39, 0.29) is 5.54 Å². The summed E-state index contributed by atoms with van der Waals surface area (Å²) in [5, 5.41) is 0. The van der Waals surface area contributed by atoms with Crippen molar-refractivity contribution in [3.8, 4) is 0 Å². The molecule has 0 bridgehead atoms. The maximum absolute atomic E-state index is 6.33. The van der Waals surface area contributed by atoms with Crippen LogP contribution in [0.4, 0.5) is 0 Å². The van der Waals surface area contributed by atoms with Crippen LogP contribution in [0.1, 0.15) is 34.1 Å². The first-order valence-electron chi connectivity index (χ1n) is 7.93. The van der Waals surface area contributed by atoms with Gasteiger partial charge in [-0.2, -0.15) is 11.8 Å². The van der Waals surface area contributed by atoms with Crippen molar-refractivity contribution in [3.05, 3.63) is 0 Å². The molecule has 120 valence electrons. The third kappa shape index (κ3) is 4.12. The molecule has 1 aliphatic heterocycles. The Balaban J connectivity index is 2.98. The van der Waals surface area contributed by atoms with E-state index in [1.807, 2.05) is 0 Å². The highest BCUT2D eigenvalue weighted by Crippen LogP contribution is 2.45. The minimum atomic E-state index is 0.149. The molecule has 2 N–H and O–H groups in total. The lowest BCUT2D eigenvalue weighted by atomic mass is 9.69. The second-order valence-electron chi connectivity index (χ2n) is 7.57. The van der Waals surface area contributed by atoms with Gasteiger partial charge in [-0.1, -0.05) is 27.7 Å². The second-order valence-corrected chi connectivity index (χ2v) is 8.67. The van der Waals surface area contributed by atoms with Crippen molar-refractivity contribution in [3.63, 3.8) is 0 Å². The van der Waals surface area contributed by atoms with Crippen molar-refractivity contribution in [2.24, 2.45) is 17.1 Å². The molecule has 0 amide bonds. The van der Waals surface area contributed by atoms with Gasteiger partial charge in [0.1, 0.15) is 0 Å². The summed E-state index contributed by atoms with van der Waals surface area (Å²) in [7, 11) is 4.31. The maximum Gasteiger partial charge on any atom is 0.0473 e. The number of thioether (sulfide) groups is 1. The smallest absolute Gasteiger partial charge is 0.0473 e. The van der Waals surface area contributed by atoms with Gasteiger partial charge in [0, 0.05) is 37.5 Å². The summed E-state index contributed by atoms with van der Waals surface area (Å²) >= 11 is 2.08. The van der Waals surface area contributed by atoms with Gasteiger partial charge in [0.15, 0.2) is 0 Å². The van der Waals surface area contributed by atoms with E-state index in [1.54, 1.807) is 0 Å². The molecule has 0 aromatic carbocycles. The monoisotopic (exact) mass is 301 g/mol. The number of nitrogens with two attached hydrogens (primary N) is 1. The van der Waals surface area contributed by atoms with E-state index in [1.165, 1.54) is 17.9 Å². The highest BCUT2D eigenvalue weighted by atomic mass is 32.2. The van der Waals surface area contributed by atoms with Gasteiger partial charge >= 0.3 is 0 Å². The van der Waals surface area contributed by atoms with Gasteiger partial charge < -0.3 is 10.6 Å². The molecule has 1 aliphatic rings. The van der Waals surface area contributed by atoms with Crippen LogP contribution in [0.25, 0.3) is 0 Å². The first kappa shape index (κ1) is 18.3. The second kappa shape index (κ2) is 7.48. The minimum Gasteiger partial charge on any atom is -0.329 e. The molecule has 20 heavy (non-hydrogen) atoms. The molecular formula is C16H35N3S. The lowest BCUT2D eigenvalue weighted by molar-refractivity contribution is -0.00911. The SMILES string of the molecule is CC(C)CN(CCN(C)C)C1(CN)CSCCC1(C)C. The third-order valence-electron chi connectivity index (χ3n) is 4.82. The molecule has 0 saturated carbocycles. The highest BCUT2D eigenvalue weighted by molar-refractivity contribution is 7.99. The first-order valence-corrected chi connectivity index (χ1v) is 9.08. The van der Waals surface area contributed by atoms with Crippen LogP contribution in [0.15, 0.2) is 0 Å².